The van der Waals surface area contributed by atoms with Crippen molar-refractivity contribution in [2.24, 2.45) is 0 Å². The van der Waals surface area contributed by atoms with Gasteiger partial charge in [-0.1, -0.05) is 6.92 Å². The van der Waals surface area contributed by atoms with E-state index in [4.69, 9.17) is 14.5 Å². The molecule has 1 atom stereocenters. The third kappa shape index (κ3) is 2.80. The molecule has 3 nitrogen and oxygen atoms in total. The Balaban J connectivity index is 2.13. The van der Waals surface area contributed by atoms with Crippen LogP contribution >= 0.6 is 11.3 Å². The molecule has 0 saturated carbocycles. The average Bonchev–Trinajstić information content (AvgIpc) is 3.00. The summed E-state index contributed by atoms with van der Waals surface area (Å²) in [5, 5.41) is 11.0. The van der Waals surface area contributed by atoms with E-state index in [2.05, 4.69) is 29.8 Å². The van der Waals surface area contributed by atoms with Gasteiger partial charge in [0, 0.05) is 11.4 Å². The Morgan fingerprint density at radius 2 is 2.47 bits per heavy atom. The van der Waals surface area contributed by atoms with Gasteiger partial charge in [0.25, 0.3) is 0 Å². The highest BCUT2D eigenvalue weighted by Gasteiger charge is 2.17. The molecule has 88 valence electrons. The van der Waals surface area contributed by atoms with Gasteiger partial charge in [0.1, 0.15) is 12.2 Å². The first-order valence-electron chi connectivity index (χ1n) is 5.56. The van der Waals surface area contributed by atoms with E-state index in [0.717, 1.165) is 24.1 Å². The minimum absolute atomic E-state index is 0.212. The number of furan rings is 1. The predicted octanol–water partition coefficient (Wildman–Crippen LogP) is 3.43. The Morgan fingerprint density at radius 3 is 3.12 bits per heavy atom. The summed E-state index contributed by atoms with van der Waals surface area (Å²) in [5.41, 5.74) is 2.29. The summed E-state index contributed by atoms with van der Waals surface area (Å²) in [6, 6.07) is 4.14. The van der Waals surface area contributed by atoms with Crippen molar-refractivity contribution in [1.82, 2.24) is 0 Å². The van der Waals surface area contributed by atoms with Crippen molar-refractivity contribution in [3.05, 3.63) is 34.9 Å². The second-order valence-electron chi connectivity index (χ2n) is 3.81. The molecular formula is C12H14BNO2S. The van der Waals surface area contributed by atoms with Crippen LogP contribution in [0.2, 0.25) is 0 Å². The molecule has 0 spiro atoms. The zero-order valence-corrected chi connectivity index (χ0v) is 10.5. The summed E-state index contributed by atoms with van der Waals surface area (Å²) in [7, 11) is 0.497. The lowest BCUT2D eigenvalue weighted by Gasteiger charge is -2.08. The fourth-order valence-corrected chi connectivity index (χ4v) is 2.38. The third-order valence-electron chi connectivity index (χ3n) is 2.75. The lowest BCUT2D eigenvalue weighted by Crippen LogP contribution is -2.09. The fraction of sp³-hybridized carbons (Fsp3) is 0.250. The van der Waals surface area contributed by atoms with Crippen molar-refractivity contribution in [2.75, 3.05) is 0 Å². The maximum atomic E-state index is 6.88. The van der Waals surface area contributed by atoms with E-state index in [1.165, 1.54) is 5.56 Å². The van der Waals surface area contributed by atoms with E-state index < -0.39 is 0 Å². The predicted molar refractivity (Wildman–Crippen MR) is 72.1 cm³/mol. The molecule has 0 radical (unpaired) electrons. The normalized spacial score (nSPS) is 12.1. The largest absolute Gasteiger partial charge is 0.556 e. The Labute approximate surface area is 105 Å². The van der Waals surface area contributed by atoms with Crippen molar-refractivity contribution in [3.63, 3.8) is 0 Å². The van der Waals surface area contributed by atoms with E-state index in [1.54, 1.807) is 17.6 Å². The first-order valence-corrected chi connectivity index (χ1v) is 6.51. The quantitative estimate of drug-likeness (QED) is 0.482. The molecule has 0 bridgehead atoms. The van der Waals surface area contributed by atoms with Gasteiger partial charge in [-0.15, -0.1) is 0 Å². The van der Waals surface area contributed by atoms with Gasteiger partial charge in [-0.2, -0.15) is 11.3 Å². The molecule has 0 aliphatic rings. The van der Waals surface area contributed by atoms with Gasteiger partial charge in [0.2, 0.25) is 0 Å². The molecule has 0 fully saturated rings. The molecule has 0 aromatic carbocycles. The topological polar surface area (TPSA) is 46.2 Å². The zero-order valence-electron chi connectivity index (χ0n) is 9.68. The Kier molecular flexibility index (Phi) is 4.04. The van der Waals surface area contributed by atoms with Crippen LogP contribution < -0.4 is 0 Å². The monoisotopic (exact) mass is 247 g/mol. The van der Waals surface area contributed by atoms with Crippen LogP contribution in [0.15, 0.2) is 33.6 Å². The molecule has 2 rings (SSSR count). The maximum absolute atomic E-state index is 6.88. The van der Waals surface area contributed by atoms with Crippen LogP contribution in [0.3, 0.4) is 0 Å². The van der Waals surface area contributed by atoms with Gasteiger partial charge in [0.05, 0.1) is 6.26 Å². The van der Waals surface area contributed by atoms with Crippen molar-refractivity contribution in [1.29, 1.82) is 5.41 Å². The maximum Gasteiger partial charge on any atom is 0.351 e. The van der Waals surface area contributed by atoms with E-state index in [-0.39, 0.29) is 5.82 Å². The average molecular weight is 247 g/mol. The van der Waals surface area contributed by atoms with Crippen molar-refractivity contribution in [2.45, 2.75) is 19.2 Å². The summed E-state index contributed by atoms with van der Waals surface area (Å²) < 4.78 is 10.6. The van der Waals surface area contributed by atoms with E-state index >= 15 is 0 Å². The van der Waals surface area contributed by atoms with Crippen molar-refractivity contribution >= 4 is 25.2 Å². The number of hydrogen-bond acceptors (Lipinski definition) is 4. The molecule has 2 aromatic rings. The van der Waals surface area contributed by atoms with Gasteiger partial charge >= 0.3 is 7.48 Å². The lowest BCUT2D eigenvalue weighted by molar-refractivity contribution is 0.481. The van der Waals surface area contributed by atoms with Crippen molar-refractivity contribution in [3.8, 4) is 11.1 Å². The second-order valence-corrected chi connectivity index (χ2v) is 4.59. The van der Waals surface area contributed by atoms with Gasteiger partial charge in [-0.25, -0.2) is 0 Å². The lowest BCUT2D eigenvalue weighted by atomic mass is 9.76. The summed E-state index contributed by atoms with van der Waals surface area (Å²) in [5.74, 6) is 1.14. The number of hydrogen-bond donors (Lipinski definition) is 1. The standard InChI is InChI=1S/C12H14BNO2S/c1-2-11(13-16-8-14)12-5-10(6-15-12)9-3-4-17-7-9/h3-8,11,13-14H,2H2,1H3. The van der Waals surface area contributed by atoms with E-state index in [9.17, 15) is 0 Å². The van der Waals surface area contributed by atoms with Crippen LogP contribution in [0.1, 0.15) is 24.9 Å². The highest BCUT2D eigenvalue weighted by atomic mass is 32.1. The SMILES string of the molecule is CCC(BOC=N)c1cc(-c2ccsc2)co1. The van der Waals surface area contributed by atoms with Crippen LogP contribution in [0.25, 0.3) is 11.1 Å². The third-order valence-corrected chi connectivity index (χ3v) is 3.43. The Morgan fingerprint density at radius 1 is 1.59 bits per heavy atom. The van der Waals surface area contributed by atoms with Gasteiger partial charge in [-0.05, 0) is 34.9 Å². The minimum atomic E-state index is 0.212. The molecule has 2 heterocycles. The summed E-state index contributed by atoms with van der Waals surface area (Å²) >= 11 is 1.68. The highest BCUT2D eigenvalue weighted by Crippen LogP contribution is 2.28. The molecule has 1 unspecified atom stereocenters. The molecular weight excluding hydrogens is 233 g/mol. The molecule has 0 amide bonds. The molecule has 0 saturated heterocycles. The van der Waals surface area contributed by atoms with Crippen LogP contribution in [0.4, 0.5) is 0 Å². The molecule has 2 aromatic heterocycles. The summed E-state index contributed by atoms with van der Waals surface area (Å²) in [4.78, 5) is 0. The van der Waals surface area contributed by atoms with Crippen LogP contribution in [-0.2, 0) is 4.65 Å². The number of thiophene rings is 1. The Hall–Kier alpha value is -1.49. The first-order chi connectivity index (χ1) is 8.35. The molecule has 0 aliphatic heterocycles. The van der Waals surface area contributed by atoms with Crippen LogP contribution in [-0.4, -0.2) is 13.9 Å². The fourth-order valence-electron chi connectivity index (χ4n) is 1.71. The van der Waals surface area contributed by atoms with Crippen LogP contribution in [0, 0.1) is 5.41 Å². The Bertz CT molecular complexity index is 467. The minimum Gasteiger partial charge on any atom is -0.556 e. The van der Waals surface area contributed by atoms with Crippen LogP contribution in [0.5, 0.6) is 0 Å². The molecule has 17 heavy (non-hydrogen) atoms. The first kappa shape index (κ1) is 12.0. The van der Waals surface area contributed by atoms with Crippen molar-refractivity contribution < 1.29 is 9.07 Å². The van der Waals surface area contributed by atoms with Gasteiger partial charge < -0.3 is 9.07 Å². The molecule has 0 aliphatic carbocycles. The van der Waals surface area contributed by atoms with E-state index in [0.29, 0.717) is 7.48 Å². The highest BCUT2D eigenvalue weighted by molar-refractivity contribution is 7.08. The van der Waals surface area contributed by atoms with Gasteiger partial charge in [0.15, 0.2) is 0 Å². The second kappa shape index (κ2) is 5.73. The van der Waals surface area contributed by atoms with E-state index in [1.807, 2.05) is 0 Å². The molecule has 5 heteroatoms. The van der Waals surface area contributed by atoms with Gasteiger partial charge in [-0.3, -0.25) is 5.41 Å². The molecule has 1 N–H and O–H groups in total. The summed E-state index contributed by atoms with van der Waals surface area (Å²) in [6.07, 6.45) is 3.69. The zero-order chi connectivity index (χ0) is 12.1. The summed E-state index contributed by atoms with van der Waals surface area (Å²) in [6.45, 7) is 2.09. The number of nitrogens with one attached hydrogen (secondary N) is 1. The smallest absolute Gasteiger partial charge is 0.351 e. The number of rotatable bonds is 6.